The molecule has 0 spiro atoms. The quantitative estimate of drug-likeness (QED) is 0.636. The zero-order valence-corrected chi connectivity index (χ0v) is 17.7. The van der Waals surface area contributed by atoms with Crippen molar-refractivity contribution >= 4 is 27.5 Å². The molecule has 0 bridgehead atoms. The molecule has 0 aliphatic heterocycles. The van der Waals surface area contributed by atoms with Gasteiger partial charge in [0.1, 0.15) is 5.82 Å². The van der Waals surface area contributed by atoms with Crippen LogP contribution in [0.2, 0.25) is 0 Å². The van der Waals surface area contributed by atoms with Gasteiger partial charge in [-0.2, -0.15) is 0 Å². The number of carboxylic acids is 1. The smallest absolute Gasteiger partial charge is 0.337 e. The van der Waals surface area contributed by atoms with Crippen molar-refractivity contribution in [2.45, 2.75) is 32.6 Å². The van der Waals surface area contributed by atoms with E-state index in [1.54, 1.807) is 0 Å². The van der Waals surface area contributed by atoms with Crippen molar-refractivity contribution in [3.05, 3.63) is 47.9 Å². The van der Waals surface area contributed by atoms with Crippen molar-refractivity contribution in [2.75, 3.05) is 22.7 Å². The number of pyridine rings is 1. The van der Waals surface area contributed by atoms with E-state index >= 15 is 0 Å². The summed E-state index contributed by atoms with van der Waals surface area (Å²) in [6.45, 7) is 9.30. The Hall–Kier alpha value is -2.68. The first-order valence-corrected chi connectivity index (χ1v) is 10.7. The zero-order chi connectivity index (χ0) is 21.8. The molecular formula is C20H26FN3O4S. The Balaban J connectivity index is 2.54. The van der Waals surface area contributed by atoms with Gasteiger partial charge in [0.2, 0.25) is 0 Å². The highest BCUT2D eigenvalue weighted by atomic mass is 32.2. The maximum Gasteiger partial charge on any atom is 0.337 e. The number of carbonyl (C=O) groups is 1. The van der Waals surface area contributed by atoms with Crippen LogP contribution in [0.25, 0.3) is 0 Å². The first-order valence-electron chi connectivity index (χ1n) is 9.26. The molecule has 0 fully saturated rings. The first kappa shape index (κ1) is 22.6. The summed E-state index contributed by atoms with van der Waals surface area (Å²) in [7, 11) is -4.14. The maximum atomic E-state index is 13.5. The second-order valence-corrected chi connectivity index (χ2v) is 9.34. The number of aromatic nitrogens is 1. The molecule has 1 aromatic heterocycles. The second kappa shape index (κ2) is 9.21. The molecule has 0 saturated heterocycles. The van der Waals surface area contributed by atoms with E-state index in [0.29, 0.717) is 18.9 Å². The van der Waals surface area contributed by atoms with E-state index in [1.807, 2.05) is 32.6 Å². The number of nitrogens with one attached hydrogen (secondary N) is 1. The van der Waals surface area contributed by atoms with Crippen LogP contribution in [0.4, 0.5) is 15.9 Å². The van der Waals surface area contributed by atoms with E-state index < -0.39 is 21.8 Å². The van der Waals surface area contributed by atoms with Gasteiger partial charge in [-0.05, 0) is 36.1 Å². The molecule has 0 amide bonds. The normalized spacial score (nSPS) is 11.7. The van der Waals surface area contributed by atoms with E-state index in [-0.39, 0.29) is 28.0 Å². The fraction of sp³-hybridized carbons (Fsp3) is 0.400. The Kier molecular flexibility index (Phi) is 7.18. The predicted octanol–water partition coefficient (Wildman–Crippen LogP) is 3.84. The van der Waals surface area contributed by atoms with Crippen LogP contribution < -0.4 is 9.62 Å². The summed E-state index contributed by atoms with van der Waals surface area (Å²) in [5, 5.41) is 9.30. The van der Waals surface area contributed by atoms with Crippen molar-refractivity contribution in [2.24, 2.45) is 11.8 Å². The van der Waals surface area contributed by atoms with Crippen molar-refractivity contribution in [3.8, 4) is 0 Å². The SMILES string of the molecule is CC(C)CN(CC(C)C)c1ncc(C(=O)O)cc1NS(=O)(=O)c1cccc(F)c1. The maximum absolute atomic E-state index is 13.5. The lowest BCUT2D eigenvalue weighted by molar-refractivity contribution is 0.0696. The van der Waals surface area contributed by atoms with Crippen LogP contribution in [0, 0.1) is 17.7 Å². The van der Waals surface area contributed by atoms with Crippen molar-refractivity contribution in [3.63, 3.8) is 0 Å². The minimum Gasteiger partial charge on any atom is -0.478 e. The summed E-state index contributed by atoms with van der Waals surface area (Å²) < 4.78 is 41.5. The number of benzene rings is 1. The fourth-order valence-electron chi connectivity index (χ4n) is 2.87. The topological polar surface area (TPSA) is 99.6 Å². The van der Waals surface area contributed by atoms with Gasteiger partial charge in [-0.3, -0.25) is 4.72 Å². The highest BCUT2D eigenvalue weighted by Gasteiger charge is 2.22. The van der Waals surface area contributed by atoms with E-state index in [9.17, 15) is 22.7 Å². The molecule has 1 heterocycles. The lowest BCUT2D eigenvalue weighted by Crippen LogP contribution is -2.33. The summed E-state index contributed by atoms with van der Waals surface area (Å²) in [6.07, 6.45) is 1.20. The number of aromatic carboxylic acids is 1. The fourth-order valence-corrected chi connectivity index (χ4v) is 3.95. The van der Waals surface area contributed by atoms with Crippen LogP contribution in [0.1, 0.15) is 38.1 Å². The molecule has 0 atom stereocenters. The highest BCUT2D eigenvalue weighted by Crippen LogP contribution is 2.29. The van der Waals surface area contributed by atoms with Gasteiger partial charge in [0.15, 0.2) is 5.82 Å². The summed E-state index contributed by atoms with van der Waals surface area (Å²) in [5.74, 6) is -1.05. The Morgan fingerprint density at radius 1 is 1.17 bits per heavy atom. The van der Waals surface area contributed by atoms with Crippen LogP contribution in [-0.2, 0) is 10.0 Å². The third-order valence-corrected chi connectivity index (χ3v) is 5.30. The van der Waals surface area contributed by atoms with Crippen LogP contribution in [0.3, 0.4) is 0 Å². The molecular weight excluding hydrogens is 397 g/mol. The summed E-state index contributed by atoms with van der Waals surface area (Å²) in [4.78, 5) is 17.3. The Morgan fingerprint density at radius 3 is 2.31 bits per heavy atom. The van der Waals surface area contributed by atoms with Crippen molar-refractivity contribution < 1.29 is 22.7 Å². The molecule has 158 valence electrons. The molecule has 1 aromatic carbocycles. The van der Waals surface area contributed by atoms with Crippen molar-refractivity contribution in [1.82, 2.24) is 4.98 Å². The summed E-state index contributed by atoms with van der Waals surface area (Å²) >= 11 is 0. The molecule has 2 rings (SSSR count). The molecule has 7 nitrogen and oxygen atoms in total. The molecule has 29 heavy (non-hydrogen) atoms. The third-order valence-electron chi connectivity index (χ3n) is 3.93. The minimum absolute atomic E-state index is 0.0375. The number of rotatable bonds is 9. The van der Waals surface area contributed by atoms with Gasteiger partial charge >= 0.3 is 5.97 Å². The molecule has 0 radical (unpaired) electrons. The number of hydrogen-bond donors (Lipinski definition) is 2. The van der Waals surface area contributed by atoms with Crippen LogP contribution in [-0.4, -0.2) is 37.6 Å². The molecule has 0 unspecified atom stereocenters. The average Bonchev–Trinajstić information content (AvgIpc) is 2.60. The zero-order valence-electron chi connectivity index (χ0n) is 16.9. The van der Waals surface area contributed by atoms with Crippen LogP contribution >= 0.6 is 0 Å². The van der Waals surface area contributed by atoms with Gasteiger partial charge in [-0.1, -0.05) is 33.8 Å². The standard InChI is InChI=1S/C20H26FN3O4S/c1-13(2)11-24(12-14(3)4)19-18(8-15(10-22-19)20(25)26)23-29(27,28)17-7-5-6-16(21)9-17/h5-10,13-14,23H,11-12H2,1-4H3,(H,25,26). The first-order chi connectivity index (χ1) is 13.5. The van der Waals surface area contributed by atoms with Gasteiger partial charge in [0.05, 0.1) is 16.1 Å². The van der Waals surface area contributed by atoms with E-state index in [4.69, 9.17) is 0 Å². The van der Waals surface area contributed by atoms with Crippen LogP contribution in [0.15, 0.2) is 41.4 Å². The van der Waals surface area contributed by atoms with Gasteiger partial charge < -0.3 is 10.0 Å². The minimum atomic E-state index is -4.14. The number of halogens is 1. The number of anilines is 2. The van der Waals surface area contributed by atoms with E-state index in [0.717, 1.165) is 12.1 Å². The Morgan fingerprint density at radius 2 is 1.79 bits per heavy atom. The van der Waals surface area contributed by atoms with Crippen LogP contribution in [0.5, 0.6) is 0 Å². The molecule has 0 aliphatic rings. The van der Waals surface area contributed by atoms with Crippen molar-refractivity contribution in [1.29, 1.82) is 0 Å². The van der Waals surface area contributed by atoms with Gasteiger partial charge in [-0.25, -0.2) is 22.6 Å². The molecule has 9 heteroatoms. The number of nitrogens with zero attached hydrogens (tertiary/aromatic N) is 2. The molecule has 0 aliphatic carbocycles. The largest absolute Gasteiger partial charge is 0.478 e. The monoisotopic (exact) mass is 423 g/mol. The van der Waals surface area contributed by atoms with E-state index in [2.05, 4.69) is 9.71 Å². The van der Waals surface area contributed by atoms with Gasteiger partial charge in [0, 0.05) is 19.3 Å². The lowest BCUT2D eigenvalue weighted by Gasteiger charge is -2.29. The number of hydrogen-bond acceptors (Lipinski definition) is 5. The number of carboxylic acid groups (broad SMARTS) is 1. The second-order valence-electron chi connectivity index (χ2n) is 7.66. The van der Waals surface area contributed by atoms with Gasteiger partial charge in [-0.15, -0.1) is 0 Å². The average molecular weight is 424 g/mol. The highest BCUT2D eigenvalue weighted by molar-refractivity contribution is 7.92. The molecule has 0 saturated carbocycles. The lowest BCUT2D eigenvalue weighted by atomic mass is 10.1. The van der Waals surface area contributed by atoms with Gasteiger partial charge in [0.25, 0.3) is 10.0 Å². The molecule has 2 N–H and O–H groups in total. The Labute approximate surface area is 170 Å². The predicted molar refractivity (Wildman–Crippen MR) is 110 cm³/mol. The summed E-state index contributed by atoms with van der Waals surface area (Å²) in [6, 6.07) is 5.83. The third kappa shape index (κ3) is 6.15. The van der Waals surface area contributed by atoms with E-state index in [1.165, 1.54) is 24.4 Å². The summed E-state index contributed by atoms with van der Waals surface area (Å²) in [5.41, 5.74) is -0.116. The Bertz CT molecular complexity index is 967. The number of sulfonamides is 1. The molecule has 2 aromatic rings.